The molecule has 0 bridgehead atoms. The minimum atomic E-state index is -0.747. The molecule has 0 saturated carbocycles. The summed E-state index contributed by atoms with van der Waals surface area (Å²) in [5, 5.41) is 17.7. The number of anilines is 1. The zero-order valence-electron chi connectivity index (χ0n) is 11.0. The molecule has 0 radical (unpaired) electrons. The maximum absolute atomic E-state index is 12.5. The second kappa shape index (κ2) is 3.58. The van der Waals surface area contributed by atoms with E-state index in [9.17, 15) is 10.1 Å². The number of hydrogen-bond acceptors (Lipinski definition) is 4. The first-order valence-electron chi connectivity index (χ1n) is 6.55. The molecule has 1 fully saturated rings. The van der Waals surface area contributed by atoms with Crippen molar-refractivity contribution in [2.45, 2.75) is 18.0 Å². The summed E-state index contributed by atoms with van der Waals surface area (Å²) >= 11 is 0. The van der Waals surface area contributed by atoms with Gasteiger partial charge in [0.1, 0.15) is 11.9 Å². The Bertz CT molecular complexity index is 773. The summed E-state index contributed by atoms with van der Waals surface area (Å²) in [5.74, 6) is 0.688. The third-order valence-electron chi connectivity index (χ3n) is 4.36. The number of nitriles is 1. The van der Waals surface area contributed by atoms with E-state index in [2.05, 4.69) is 16.5 Å². The van der Waals surface area contributed by atoms with Crippen LogP contribution in [0.5, 0.6) is 0 Å². The second-order valence-corrected chi connectivity index (χ2v) is 5.53. The van der Waals surface area contributed by atoms with Crippen molar-refractivity contribution in [3.63, 3.8) is 0 Å². The molecular weight excluding hydrogens is 254 g/mol. The SMILES string of the molecule is CN1CC2(CC1C#N)C(=O)Nc1c3ccccc3nn12. The Morgan fingerprint density at radius 3 is 3.05 bits per heavy atom. The fourth-order valence-electron chi connectivity index (χ4n) is 3.31. The van der Waals surface area contributed by atoms with Crippen LogP contribution in [-0.4, -0.2) is 40.2 Å². The third kappa shape index (κ3) is 1.20. The van der Waals surface area contributed by atoms with Crippen molar-refractivity contribution < 1.29 is 4.79 Å². The number of nitrogens with zero attached hydrogens (tertiary/aromatic N) is 4. The molecule has 20 heavy (non-hydrogen) atoms. The van der Waals surface area contributed by atoms with Gasteiger partial charge in [-0.05, 0) is 19.2 Å². The van der Waals surface area contributed by atoms with E-state index in [1.807, 2.05) is 36.2 Å². The molecule has 2 aliphatic heterocycles. The van der Waals surface area contributed by atoms with Crippen LogP contribution in [0.1, 0.15) is 6.42 Å². The zero-order chi connectivity index (χ0) is 13.9. The van der Waals surface area contributed by atoms with E-state index in [-0.39, 0.29) is 11.9 Å². The zero-order valence-corrected chi connectivity index (χ0v) is 11.0. The number of amides is 1. The van der Waals surface area contributed by atoms with Crippen LogP contribution < -0.4 is 5.32 Å². The Morgan fingerprint density at radius 2 is 2.30 bits per heavy atom. The molecule has 1 aromatic heterocycles. The van der Waals surface area contributed by atoms with Crippen molar-refractivity contribution in [3.05, 3.63) is 24.3 Å². The summed E-state index contributed by atoms with van der Waals surface area (Å²) in [5.41, 5.74) is 0.119. The number of fused-ring (bicyclic) bond motifs is 4. The lowest BCUT2D eigenvalue weighted by molar-refractivity contribution is -0.122. The molecule has 2 aliphatic rings. The molecule has 2 atom stereocenters. The van der Waals surface area contributed by atoms with Crippen LogP contribution in [0.15, 0.2) is 24.3 Å². The molecule has 1 saturated heterocycles. The molecule has 100 valence electrons. The van der Waals surface area contributed by atoms with Gasteiger partial charge in [-0.25, -0.2) is 4.68 Å². The Morgan fingerprint density at radius 1 is 1.50 bits per heavy atom. The Labute approximate surface area is 115 Å². The van der Waals surface area contributed by atoms with E-state index in [0.717, 1.165) is 16.7 Å². The van der Waals surface area contributed by atoms with Gasteiger partial charge in [-0.15, -0.1) is 0 Å². The molecule has 0 aliphatic carbocycles. The van der Waals surface area contributed by atoms with Gasteiger partial charge in [-0.2, -0.15) is 10.4 Å². The highest BCUT2D eigenvalue weighted by Crippen LogP contribution is 2.42. The standard InChI is InChI=1S/C14H13N5O/c1-18-8-14(6-9(18)7-15)13(20)16-12-10-4-2-3-5-11(10)17-19(12)14/h2-5,9H,6,8H2,1H3,(H,16,20). The lowest BCUT2D eigenvalue weighted by Gasteiger charge is -2.20. The van der Waals surface area contributed by atoms with Gasteiger partial charge in [0, 0.05) is 18.4 Å². The highest BCUT2D eigenvalue weighted by molar-refractivity contribution is 6.07. The van der Waals surface area contributed by atoms with Crippen molar-refractivity contribution in [1.29, 1.82) is 5.26 Å². The maximum Gasteiger partial charge on any atom is 0.255 e. The molecule has 1 spiro atoms. The molecular formula is C14H13N5O. The second-order valence-electron chi connectivity index (χ2n) is 5.53. The quantitative estimate of drug-likeness (QED) is 0.770. The Kier molecular flexibility index (Phi) is 2.05. The number of carbonyl (C=O) groups excluding carboxylic acids is 1. The minimum Gasteiger partial charge on any atom is -0.308 e. The Hall–Kier alpha value is -2.39. The lowest BCUT2D eigenvalue weighted by atomic mass is 9.96. The van der Waals surface area contributed by atoms with Gasteiger partial charge in [0.15, 0.2) is 5.54 Å². The van der Waals surface area contributed by atoms with E-state index in [1.165, 1.54) is 0 Å². The molecule has 3 heterocycles. The third-order valence-corrected chi connectivity index (χ3v) is 4.36. The van der Waals surface area contributed by atoms with E-state index >= 15 is 0 Å². The molecule has 6 nitrogen and oxygen atoms in total. The predicted molar refractivity (Wildman–Crippen MR) is 73.0 cm³/mol. The summed E-state index contributed by atoms with van der Waals surface area (Å²) in [4.78, 5) is 14.4. The van der Waals surface area contributed by atoms with Gasteiger partial charge < -0.3 is 5.32 Å². The number of carbonyl (C=O) groups is 1. The highest BCUT2D eigenvalue weighted by Gasteiger charge is 2.55. The summed E-state index contributed by atoms with van der Waals surface area (Å²) in [6, 6.07) is 9.75. The molecule has 1 aromatic carbocycles. The smallest absolute Gasteiger partial charge is 0.255 e. The summed E-state index contributed by atoms with van der Waals surface area (Å²) in [7, 11) is 1.87. The summed E-state index contributed by atoms with van der Waals surface area (Å²) < 4.78 is 1.79. The number of benzene rings is 1. The average molecular weight is 267 g/mol. The van der Waals surface area contributed by atoms with Gasteiger partial charge in [0.25, 0.3) is 5.91 Å². The number of rotatable bonds is 0. The summed E-state index contributed by atoms with van der Waals surface area (Å²) in [6.45, 7) is 0.512. The fourth-order valence-corrected chi connectivity index (χ4v) is 3.31. The highest BCUT2D eigenvalue weighted by atomic mass is 16.2. The van der Waals surface area contributed by atoms with Crippen LogP contribution in [-0.2, 0) is 10.3 Å². The van der Waals surface area contributed by atoms with Crippen LogP contribution in [0, 0.1) is 11.3 Å². The van der Waals surface area contributed by atoms with Crippen molar-refractivity contribution in [2.24, 2.45) is 0 Å². The monoisotopic (exact) mass is 267 g/mol. The van der Waals surface area contributed by atoms with E-state index in [0.29, 0.717) is 13.0 Å². The topological polar surface area (TPSA) is 74.0 Å². The average Bonchev–Trinajstić information content (AvgIpc) is 3.05. The molecule has 1 N–H and O–H groups in total. The predicted octanol–water partition coefficient (Wildman–Crippen LogP) is 0.911. The van der Waals surface area contributed by atoms with Gasteiger partial charge in [0.2, 0.25) is 0 Å². The van der Waals surface area contributed by atoms with Crippen molar-refractivity contribution in [1.82, 2.24) is 14.7 Å². The van der Waals surface area contributed by atoms with E-state index < -0.39 is 5.54 Å². The van der Waals surface area contributed by atoms with Gasteiger partial charge in [0.05, 0.1) is 11.6 Å². The molecule has 2 aromatic rings. The molecule has 6 heteroatoms. The van der Waals surface area contributed by atoms with Crippen LogP contribution in [0.3, 0.4) is 0 Å². The minimum absolute atomic E-state index is 0.0599. The van der Waals surface area contributed by atoms with Crippen molar-refractivity contribution >= 4 is 22.6 Å². The van der Waals surface area contributed by atoms with Crippen LogP contribution in [0.4, 0.5) is 5.82 Å². The number of nitrogens with one attached hydrogen (secondary N) is 1. The van der Waals surface area contributed by atoms with Gasteiger partial charge >= 0.3 is 0 Å². The van der Waals surface area contributed by atoms with Crippen LogP contribution >= 0.6 is 0 Å². The van der Waals surface area contributed by atoms with Gasteiger partial charge in [-0.3, -0.25) is 9.69 Å². The van der Waals surface area contributed by atoms with Crippen molar-refractivity contribution in [2.75, 3.05) is 18.9 Å². The number of aromatic nitrogens is 2. The van der Waals surface area contributed by atoms with Crippen LogP contribution in [0.25, 0.3) is 10.9 Å². The maximum atomic E-state index is 12.5. The van der Waals surface area contributed by atoms with Crippen LogP contribution in [0.2, 0.25) is 0 Å². The first-order chi connectivity index (χ1) is 9.65. The molecule has 1 amide bonds. The first kappa shape index (κ1) is 11.4. The first-order valence-corrected chi connectivity index (χ1v) is 6.55. The number of hydrogen-bond donors (Lipinski definition) is 1. The number of likely N-dealkylation sites (N-methyl/N-ethyl adjacent to an activating group) is 1. The fraction of sp³-hybridized carbons (Fsp3) is 0.357. The lowest BCUT2D eigenvalue weighted by Crippen LogP contribution is -2.41. The summed E-state index contributed by atoms with van der Waals surface area (Å²) in [6.07, 6.45) is 0.479. The number of likely N-dealkylation sites (tertiary alicyclic amines) is 1. The largest absolute Gasteiger partial charge is 0.308 e. The molecule has 2 unspecified atom stereocenters. The van der Waals surface area contributed by atoms with E-state index in [4.69, 9.17) is 0 Å². The normalized spacial score (nSPS) is 28.8. The van der Waals surface area contributed by atoms with Gasteiger partial charge in [-0.1, -0.05) is 12.1 Å². The molecule has 4 rings (SSSR count). The Balaban J connectivity index is 1.93. The van der Waals surface area contributed by atoms with Crippen molar-refractivity contribution in [3.8, 4) is 6.07 Å². The van der Waals surface area contributed by atoms with E-state index in [1.54, 1.807) is 4.68 Å².